The zero-order valence-electron chi connectivity index (χ0n) is 12.8. The Bertz CT molecular complexity index is 472. The second kappa shape index (κ2) is 7.24. The Balaban J connectivity index is 1.99. The van der Waals surface area contributed by atoms with Gasteiger partial charge in [-0.1, -0.05) is 13.3 Å². The van der Waals surface area contributed by atoms with Gasteiger partial charge in [-0.3, -0.25) is 4.79 Å². The smallest absolute Gasteiger partial charge is 0.306 e. The molecular formula is C15H24N4O2. The summed E-state index contributed by atoms with van der Waals surface area (Å²) in [6.07, 6.45) is 5.41. The topological polar surface area (TPSA) is 69.6 Å². The van der Waals surface area contributed by atoms with E-state index in [2.05, 4.69) is 26.7 Å². The Morgan fingerprint density at radius 2 is 2.19 bits per heavy atom. The maximum Gasteiger partial charge on any atom is 0.306 e. The molecule has 1 aliphatic heterocycles. The van der Waals surface area contributed by atoms with Gasteiger partial charge >= 0.3 is 5.97 Å². The fraction of sp³-hybridized carbons (Fsp3) is 0.667. The van der Waals surface area contributed by atoms with Gasteiger partial charge in [0.15, 0.2) is 0 Å². The molecule has 21 heavy (non-hydrogen) atoms. The Labute approximate surface area is 125 Å². The van der Waals surface area contributed by atoms with E-state index in [1.807, 2.05) is 13.1 Å². The highest BCUT2D eigenvalue weighted by atomic mass is 16.4. The van der Waals surface area contributed by atoms with E-state index >= 15 is 0 Å². The minimum atomic E-state index is -0.683. The molecule has 2 rings (SSSR count). The molecule has 116 valence electrons. The van der Waals surface area contributed by atoms with Gasteiger partial charge in [0.25, 0.3) is 0 Å². The molecule has 0 amide bonds. The molecule has 1 aromatic heterocycles. The summed E-state index contributed by atoms with van der Waals surface area (Å²) in [6.45, 7) is 4.59. The molecule has 6 nitrogen and oxygen atoms in total. The van der Waals surface area contributed by atoms with Crippen molar-refractivity contribution in [1.29, 1.82) is 0 Å². The zero-order chi connectivity index (χ0) is 15.2. The minimum absolute atomic E-state index is 0.213. The molecule has 1 aliphatic rings. The Kier molecular flexibility index (Phi) is 5.36. The van der Waals surface area contributed by atoms with Gasteiger partial charge in [-0.05, 0) is 25.3 Å². The van der Waals surface area contributed by atoms with Crippen LogP contribution in [0.5, 0.6) is 0 Å². The van der Waals surface area contributed by atoms with E-state index in [1.54, 1.807) is 6.20 Å². The van der Waals surface area contributed by atoms with Crippen LogP contribution in [0.3, 0.4) is 0 Å². The van der Waals surface area contributed by atoms with Gasteiger partial charge in [0, 0.05) is 32.9 Å². The zero-order valence-corrected chi connectivity index (χ0v) is 12.8. The van der Waals surface area contributed by atoms with E-state index in [0.29, 0.717) is 12.8 Å². The number of aromatic nitrogens is 2. The summed E-state index contributed by atoms with van der Waals surface area (Å²) in [5.41, 5.74) is 0. The first-order valence-electron chi connectivity index (χ1n) is 7.63. The van der Waals surface area contributed by atoms with Gasteiger partial charge in [-0.25, -0.2) is 4.98 Å². The highest BCUT2D eigenvalue weighted by molar-refractivity contribution is 5.70. The first kappa shape index (κ1) is 15.5. The SMILES string of the molecule is CCCCN(C)c1nccc(N2CCC(C(=O)O)CC2)n1. The van der Waals surface area contributed by atoms with Crippen LogP contribution >= 0.6 is 0 Å². The lowest BCUT2D eigenvalue weighted by molar-refractivity contribution is -0.142. The summed E-state index contributed by atoms with van der Waals surface area (Å²) in [7, 11) is 2.01. The van der Waals surface area contributed by atoms with Gasteiger partial charge in [0.2, 0.25) is 5.95 Å². The third kappa shape index (κ3) is 4.06. The first-order chi connectivity index (χ1) is 10.1. The number of carboxylic acids is 1. The molecule has 1 saturated heterocycles. The van der Waals surface area contributed by atoms with E-state index in [-0.39, 0.29) is 5.92 Å². The third-order valence-electron chi connectivity index (χ3n) is 3.98. The fourth-order valence-electron chi connectivity index (χ4n) is 2.55. The molecule has 0 radical (unpaired) electrons. The van der Waals surface area contributed by atoms with Crippen molar-refractivity contribution in [3.63, 3.8) is 0 Å². The minimum Gasteiger partial charge on any atom is -0.481 e. The number of carboxylic acid groups (broad SMARTS) is 1. The van der Waals surface area contributed by atoms with Crippen molar-refractivity contribution >= 4 is 17.7 Å². The Morgan fingerprint density at radius 1 is 1.48 bits per heavy atom. The van der Waals surface area contributed by atoms with E-state index in [4.69, 9.17) is 5.11 Å². The molecule has 1 aromatic rings. The molecule has 0 unspecified atom stereocenters. The summed E-state index contributed by atoms with van der Waals surface area (Å²) in [6, 6.07) is 1.90. The van der Waals surface area contributed by atoms with Crippen LogP contribution in [-0.4, -0.2) is 47.7 Å². The van der Waals surface area contributed by atoms with E-state index in [1.165, 1.54) is 0 Å². The highest BCUT2D eigenvalue weighted by Crippen LogP contribution is 2.22. The number of piperidine rings is 1. The monoisotopic (exact) mass is 292 g/mol. The van der Waals surface area contributed by atoms with Crippen molar-refractivity contribution in [3.05, 3.63) is 12.3 Å². The van der Waals surface area contributed by atoms with E-state index < -0.39 is 5.97 Å². The average Bonchev–Trinajstić information content (AvgIpc) is 2.52. The molecule has 1 N–H and O–H groups in total. The number of hydrogen-bond acceptors (Lipinski definition) is 5. The molecule has 0 saturated carbocycles. The maximum absolute atomic E-state index is 11.0. The Morgan fingerprint density at radius 3 is 2.81 bits per heavy atom. The predicted octanol–water partition coefficient (Wildman–Crippen LogP) is 2.01. The predicted molar refractivity (Wildman–Crippen MR) is 82.8 cm³/mol. The molecule has 1 fully saturated rings. The number of rotatable bonds is 6. The van der Waals surface area contributed by atoms with Crippen LogP contribution in [-0.2, 0) is 4.79 Å². The van der Waals surface area contributed by atoms with Crippen LogP contribution in [0.25, 0.3) is 0 Å². The lowest BCUT2D eigenvalue weighted by Gasteiger charge is -2.31. The van der Waals surface area contributed by atoms with Crippen LogP contribution in [0.2, 0.25) is 0 Å². The molecule has 0 aliphatic carbocycles. The molecule has 0 atom stereocenters. The normalized spacial score (nSPS) is 16.0. The standard InChI is InChI=1S/C15H24N4O2/c1-3-4-9-18(2)15-16-8-5-13(17-15)19-10-6-12(7-11-19)14(20)21/h5,8,12H,3-4,6-7,9-11H2,1-2H3,(H,20,21). The second-order valence-corrected chi connectivity index (χ2v) is 5.59. The van der Waals surface area contributed by atoms with Crippen molar-refractivity contribution in [3.8, 4) is 0 Å². The number of unbranched alkanes of at least 4 members (excludes halogenated alkanes) is 1. The van der Waals surface area contributed by atoms with Crippen LogP contribution in [0, 0.1) is 5.92 Å². The van der Waals surface area contributed by atoms with Crippen LogP contribution < -0.4 is 9.80 Å². The van der Waals surface area contributed by atoms with Gasteiger partial charge in [-0.2, -0.15) is 4.98 Å². The van der Waals surface area contributed by atoms with Gasteiger partial charge in [0.05, 0.1) is 5.92 Å². The maximum atomic E-state index is 11.0. The summed E-state index contributed by atoms with van der Waals surface area (Å²) < 4.78 is 0. The Hall–Kier alpha value is -1.85. The quantitative estimate of drug-likeness (QED) is 0.865. The lowest BCUT2D eigenvalue weighted by atomic mass is 9.97. The van der Waals surface area contributed by atoms with E-state index in [0.717, 1.165) is 44.2 Å². The fourth-order valence-corrected chi connectivity index (χ4v) is 2.55. The lowest BCUT2D eigenvalue weighted by Crippen LogP contribution is -2.37. The van der Waals surface area contributed by atoms with Crippen LogP contribution in [0.1, 0.15) is 32.6 Å². The number of hydrogen-bond donors (Lipinski definition) is 1. The molecular weight excluding hydrogens is 268 g/mol. The summed E-state index contributed by atoms with van der Waals surface area (Å²) >= 11 is 0. The van der Waals surface area contributed by atoms with Crippen molar-refractivity contribution in [2.45, 2.75) is 32.6 Å². The van der Waals surface area contributed by atoms with Gasteiger partial charge in [-0.15, -0.1) is 0 Å². The second-order valence-electron chi connectivity index (χ2n) is 5.59. The molecule has 2 heterocycles. The number of aliphatic carboxylic acids is 1. The molecule has 0 spiro atoms. The number of nitrogens with zero attached hydrogens (tertiary/aromatic N) is 4. The van der Waals surface area contributed by atoms with E-state index in [9.17, 15) is 4.79 Å². The number of carbonyl (C=O) groups is 1. The largest absolute Gasteiger partial charge is 0.481 e. The van der Waals surface area contributed by atoms with Crippen LogP contribution in [0.15, 0.2) is 12.3 Å². The highest BCUT2D eigenvalue weighted by Gasteiger charge is 2.25. The van der Waals surface area contributed by atoms with Crippen LogP contribution in [0.4, 0.5) is 11.8 Å². The summed E-state index contributed by atoms with van der Waals surface area (Å²) in [5.74, 6) is 0.737. The molecule has 6 heteroatoms. The summed E-state index contributed by atoms with van der Waals surface area (Å²) in [4.78, 5) is 24.1. The van der Waals surface area contributed by atoms with Gasteiger partial charge in [0.1, 0.15) is 5.82 Å². The van der Waals surface area contributed by atoms with Crippen molar-refractivity contribution in [2.75, 3.05) is 36.5 Å². The van der Waals surface area contributed by atoms with Crippen molar-refractivity contribution < 1.29 is 9.90 Å². The van der Waals surface area contributed by atoms with Gasteiger partial charge < -0.3 is 14.9 Å². The molecule has 0 aromatic carbocycles. The average molecular weight is 292 g/mol. The summed E-state index contributed by atoms with van der Waals surface area (Å²) in [5, 5.41) is 9.04. The third-order valence-corrected chi connectivity index (χ3v) is 3.98. The molecule has 0 bridgehead atoms. The van der Waals surface area contributed by atoms with Crippen molar-refractivity contribution in [1.82, 2.24) is 9.97 Å². The van der Waals surface area contributed by atoms with Crippen molar-refractivity contribution in [2.24, 2.45) is 5.92 Å². The first-order valence-corrected chi connectivity index (χ1v) is 7.63. The number of anilines is 2.